The van der Waals surface area contributed by atoms with Crippen LogP contribution in [0.4, 0.5) is 0 Å². The highest BCUT2D eigenvalue weighted by atomic mass is 16.5. The monoisotopic (exact) mass is 260 g/mol. The number of methoxy groups -OCH3 is 1. The third-order valence-electron chi connectivity index (χ3n) is 1.90. The summed E-state index contributed by atoms with van der Waals surface area (Å²) in [7, 11) is 1.68. The van der Waals surface area contributed by atoms with E-state index in [0.717, 1.165) is 25.4 Å². The van der Waals surface area contributed by atoms with E-state index < -0.39 is 0 Å². The highest BCUT2D eigenvalue weighted by Gasteiger charge is 1.92. The van der Waals surface area contributed by atoms with Crippen LogP contribution in [0.5, 0.6) is 0 Å². The van der Waals surface area contributed by atoms with Crippen LogP contribution in [0.15, 0.2) is 0 Å². The quantitative estimate of drug-likeness (QED) is 0.495. The van der Waals surface area contributed by atoms with Crippen LogP contribution in [-0.4, -0.2) is 32.8 Å². The molecule has 0 rings (SSSR count). The molecule has 0 fully saturated rings. The number of unbranched alkanes of at least 4 members (excludes halogenated alkanes) is 3. The van der Waals surface area contributed by atoms with Crippen LogP contribution >= 0.6 is 0 Å². The topological polar surface area (TPSA) is 50.4 Å². The van der Waals surface area contributed by atoms with Gasteiger partial charge in [0.1, 0.15) is 0 Å². The van der Waals surface area contributed by atoms with Crippen LogP contribution in [0.25, 0.3) is 0 Å². The minimum Gasteiger partial charge on any atom is -0.370 e. The standard InChI is InChI=1S/C10H22N2O2.C4H10/c1-10(13)12-8-6-4-3-5-7-11-9-14-2;1-4(2)3/h11H,3-9H2,1-2H3,(H,12,13);4H,1-3H3. The predicted octanol–water partition coefficient (Wildman–Crippen LogP) is 2.54. The number of hydrogen-bond donors (Lipinski definition) is 2. The van der Waals surface area contributed by atoms with E-state index in [4.69, 9.17) is 4.74 Å². The highest BCUT2D eigenvalue weighted by Crippen LogP contribution is 1.97. The number of nitrogens with one attached hydrogen (secondary N) is 2. The van der Waals surface area contributed by atoms with E-state index in [1.54, 1.807) is 14.0 Å². The lowest BCUT2D eigenvalue weighted by Gasteiger charge is -2.03. The first-order valence-electron chi connectivity index (χ1n) is 6.94. The Morgan fingerprint density at radius 1 is 1.06 bits per heavy atom. The van der Waals surface area contributed by atoms with E-state index in [2.05, 4.69) is 31.4 Å². The lowest BCUT2D eigenvalue weighted by Crippen LogP contribution is -2.21. The maximum atomic E-state index is 10.5. The summed E-state index contributed by atoms with van der Waals surface area (Å²) in [4.78, 5) is 10.5. The Morgan fingerprint density at radius 3 is 2.00 bits per heavy atom. The fourth-order valence-electron chi connectivity index (χ4n) is 1.17. The lowest BCUT2D eigenvalue weighted by atomic mass is 10.2. The van der Waals surface area contributed by atoms with Crippen molar-refractivity contribution in [2.45, 2.75) is 53.4 Å². The number of ether oxygens (including phenoxy) is 1. The van der Waals surface area contributed by atoms with Crippen molar-refractivity contribution in [1.82, 2.24) is 10.6 Å². The SMILES string of the molecule is CC(C)C.COCNCCCCCCNC(C)=O. The fraction of sp³-hybridized carbons (Fsp3) is 0.929. The molecule has 2 N–H and O–H groups in total. The van der Waals surface area contributed by atoms with Gasteiger partial charge < -0.3 is 10.1 Å². The average molecular weight is 260 g/mol. The Kier molecular flexibility index (Phi) is 18.0. The number of hydrogen-bond acceptors (Lipinski definition) is 3. The molecule has 0 aromatic heterocycles. The molecule has 0 saturated heterocycles. The van der Waals surface area contributed by atoms with Crippen molar-refractivity contribution in [3.8, 4) is 0 Å². The highest BCUT2D eigenvalue weighted by molar-refractivity contribution is 5.72. The Labute approximate surface area is 113 Å². The molecule has 0 aromatic carbocycles. The molecule has 4 nitrogen and oxygen atoms in total. The van der Waals surface area contributed by atoms with Gasteiger partial charge in [0.2, 0.25) is 5.91 Å². The van der Waals surface area contributed by atoms with Crippen LogP contribution in [0.1, 0.15) is 53.4 Å². The zero-order valence-corrected chi connectivity index (χ0v) is 12.8. The molecule has 0 bridgehead atoms. The zero-order valence-electron chi connectivity index (χ0n) is 12.8. The van der Waals surface area contributed by atoms with Gasteiger partial charge in [-0.05, 0) is 25.3 Å². The normalized spacial score (nSPS) is 9.89. The third-order valence-corrected chi connectivity index (χ3v) is 1.90. The number of amides is 1. The first-order valence-corrected chi connectivity index (χ1v) is 6.94. The Bertz CT molecular complexity index is 170. The van der Waals surface area contributed by atoms with E-state index in [0.29, 0.717) is 6.73 Å². The Balaban J connectivity index is 0. The largest absolute Gasteiger partial charge is 0.370 e. The summed E-state index contributed by atoms with van der Waals surface area (Å²) in [5.74, 6) is 0.895. The van der Waals surface area contributed by atoms with E-state index >= 15 is 0 Å². The second-order valence-electron chi connectivity index (χ2n) is 5.06. The summed E-state index contributed by atoms with van der Waals surface area (Å²) in [6.07, 6.45) is 4.62. The van der Waals surface area contributed by atoms with Gasteiger partial charge in [0.15, 0.2) is 0 Å². The van der Waals surface area contributed by atoms with Gasteiger partial charge in [-0.25, -0.2) is 0 Å². The van der Waals surface area contributed by atoms with Gasteiger partial charge in [-0.1, -0.05) is 33.6 Å². The average Bonchev–Trinajstić information content (AvgIpc) is 2.26. The molecule has 0 radical (unpaired) electrons. The van der Waals surface area contributed by atoms with Gasteiger partial charge in [0.25, 0.3) is 0 Å². The van der Waals surface area contributed by atoms with Gasteiger partial charge in [0, 0.05) is 20.6 Å². The molecular formula is C14H32N2O2. The zero-order chi connectivity index (χ0) is 14.2. The second kappa shape index (κ2) is 16.4. The molecule has 1 amide bonds. The van der Waals surface area contributed by atoms with E-state index in [-0.39, 0.29) is 5.91 Å². The summed E-state index contributed by atoms with van der Waals surface area (Å²) in [6, 6.07) is 0. The van der Waals surface area contributed by atoms with E-state index in [9.17, 15) is 4.79 Å². The van der Waals surface area contributed by atoms with Crippen molar-refractivity contribution in [3.05, 3.63) is 0 Å². The van der Waals surface area contributed by atoms with Crippen molar-refractivity contribution in [3.63, 3.8) is 0 Å². The van der Waals surface area contributed by atoms with Gasteiger partial charge in [-0.2, -0.15) is 0 Å². The van der Waals surface area contributed by atoms with Crippen LogP contribution in [0.3, 0.4) is 0 Å². The molecule has 0 aliphatic carbocycles. The van der Waals surface area contributed by atoms with Crippen molar-refractivity contribution in [1.29, 1.82) is 0 Å². The molecule has 18 heavy (non-hydrogen) atoms. The summed E-state index contributed by atoms with van der Waals surface area (Å²) in [5, 5.41) is 5.93. The molecule has 0 unspecified atom stereocenters. The van der Waals surface area contributed by atoms with E-state index in [1.807, 2.05) is 0 Å². The summed E-state index contributed by atoms with van der Waals surface area (Å²) < 4.78 is 4.85. The summed E-state index contributed by atoms with van der Waals surface area (Å²) in [6.45, 7) is 10.5. The fourth-order valence-corrected chi connectivity index (χ4v) is 1.17. The Morgan fingerprint density at radius 2 is 1.56 bits per heavy atom. The molecule has 0 spiro atoms. The van der Waals surface area contributed by atoms with Gasteiger partial charge in [0.05, 0.1) is 6.73 Å². The van der Waals surface area contributed by atoms with Crippen molar-refractivity contribution >= 4 is 5.91 Å². The van der Waals surface area contributed by atoms with Crippen LogP contribution in [0, 0.1) is 5.92 Å². The van der Waals surface area contributed by atoms with Crippen molar-refractivity contribution in [2.75, 3.05) is 26.9 Å². The first-order chi connectivity index (χ1) is 8.50. The van der Waals surface area contributed by atoms with E-state index in [1.165, 1.54) is 19.3 Å². The summed E-state index contributed by atoms with van der Waals surface area (Å²) in [5.41, 5.74) is 0. The second-order valence-corrected chi connectivity index (χ2v) is 5.06. The van der Waals surface area contributed by atoms with Crippen LogP contribution in [0.2, 0.25) is 0 Å². The molecule has 0 atom stereocenters. The molecule has 110 valence electrons. The van der Waals surface area contributed by atoms with Gasteiger partial charge >= 0.3 is 0 Å². The maximum Gasteiger partial charge on any atom is 0.216 e. The minimum absolute atomic E-state index is 0.0618. The predicted molar refractivity (Wildman–Crippen MR) is 77.5 cm³/mol. The number of carbonyl (C=O) groups is 1. The van der Waals surface area contributed by atoms with Gasteiger partial charge in [-0.3, -0.25) is 10.1 Å². The number of carbonyl (C=O) groups excluding carboxylic acids is 1. The van der Waals surface area contributed by atoms with Gasteiger partial charge in [-0.15, -0.1) is 0 Å². The molecule has 0 saturated carbocycles. The van der Waals surface area contributed by atoms with Crippen molar-refractivity contribution < 1.29 is 9.53 Å². The third kappa shape index (κ3) is 29.5. The minimum atomic E-state index is 0.0618. The summed E-state index contributed by atoms with van der Waals surface area (Å²) >= 11 is 0. The molecular weight excluding hydrogens is 228 g/mol. The smallest absolute Gasteiger partial charge is 0.216 e. The molecule has 0 aliphatic heterocycles. The maximum absolute atomic E-state index is 10.5. The van der Waals surface area contributed by atoms with Crippen LogP contribution in [-0.2, 0) is 9.53 Å². The van der Waals surface area contributed by atoms with Crippen molar-refractivity contribution in [2.24, 2.45) is 5.92 Å². The molecule has 0 aromatic rings. The first kappa shape index (κ1) is 19.7. The van der Waals surface area contributed by atoms with Crippen LogP contribution < -0.4 is 10.6 Å². The Hall–Kier alpha value is -0.610. The molecule has 0 aliphatic rings. The number of rotatable bonds is 9. The lowest BCUT2D eigenvalue weighted by molar-refractivity contribution is -0.118. The molecule has 0 heterocycles. The molecule has 4 heteroatoms.